The predicted octanol–water partition coefficient (Wildman–Crippen LogP) is 10.1. The van der Waals surface area contributed by atoms with E-state index in [-0.39, 0.29) is 43.7 Å². The maximum atomic E-state index is 13.4. The van der Waals surface area contributed by atoms with Crippen molar-refractivity contribution in [1.82, 2.24) is 9.80 Å². The largest absolute Gasteiger partial charge is 0.481 e. The minimum atomic E-state index is -0.779. The van der Waals surface area contributed by atoms with E-state index in [0.717, 1.165) is 22.5 Å². The number of carbonyl (C=O) groups excluding carboxylic acids is 2. The quantitative estimate of drug-likeness (QED) is 0.131. The standard InChI is InChI=1S/C50H50Cl4N4O8S/c51-45-37(7-9-43(59)57-19-23-65-24-20-57)39(33-3-1-5-35(27-33)55-15-11-31(12-16-55)49(61)62)29-41(47(45)53)67-42-30-40(34-4-2-6-36(28-34)56-17-13-32(14-18-56)50(63)64)38(46(52)48(42)54)8-10-44(60)58-21-25-66-26-22-58/h1-10,27-32H,11-26H2,(H,61,62)(H,63,64)/b9-7+,10-8+. The highest BCUT2D eigenvalue weighted by Gasteiger charge is 2.28. The zero-order chi connectivity index (χ0) is 47.2. The number of amides is 2. The van der Waals surface area contributed by atoms with Gasteiger partial charge in [0.25, 0.3) is 0 Å². The van der Waals surface area contributed by atoms with Crippen molar-refractivity contribution in [3.05, 3.63) is 104 Å². The summed E-state index contributed by atoms with van der Waals surface area (Å²) in [7, 11) is 0. The molecule has 0 aliphatic carbocycles. The number of anilines is 2. The Bertz CT molecular complexity index is 2410. The van der Waals surface area contributed by atoms with Gasteiger partial charge in [-0.2, -0.15) is 0 Å². The molecule has 4 fully saturated rings. The van der Waals surface area contributed by atoms with E-state index in [1.54, 1.807) is 22.0 Å². The lowest BCUT2D eigenvalue weighted by atomic mass is 9.95. The van der Waals surface area contributed by atoms with E-state index in [1.165, 1.54) is 23.9 Å². The highest BCUT2D eigenvalue weighted by molar-refractivity contribution is 7.99. The lowest BCUT2D eigenvalue weighted by Crippen LogP contribution is -2.39. The van der Waals surface area contributed by atoms with E-state index in [9.17, 15) is 29.4 Å². The number of carbonyl (C=O) groups is 4. The highest BCUT2D eigenvalue weighted by atomic mass is 35.5. The van der Waals surface area contributed by atoms with E-state index >= 15 is 0 Å². The van der Waals surface area contributed by atoms with Crippen LogP contribution in [0, 0.1) is 11.8 Å². The number of carboxylic acid groups (broad SMARTS) is 2. The summed E-state index contributed by atoms with van der Waals surface area (Å²) in [5.41, 5.74) is 5.93. The monoisotopic (exact) mass is 1010 g/mol. The van der Waals surface area contributed by atoms with Gasteiger partial charge in [0.2, 0.25) is 11.8 Å². The number of piperidine rings is 2. The second-order valence-corrected chi connectivity index (χ2v) is 19.5. The van der Waals surface area contributed by atoms with E-state index in [2.05, 4.69) is 9.80 Å². The van der Waals surface area contributed by atoms with E-state index < -0.39 is 11.9 Å². The second kappa shape index (κ2) is 22.1. The summed E-state index contributed by atoms with van der Waals surface area (Å²) >= 11 is 30.2. The van der Waals surface area contributed by atoms with Crippen LogP contribution in [0.4, 0.5) is 11.4 Å². The summed E-state index contributed by atoms with van der Waals surface area (Å²) in [6, 6.07) is 19.7. The van der Waals surface area contributed by atoms with E-state index in [4.69, 9.17) is 55.9 Å². The van der Waals surface area contributed by atoms with Crippen molar-refractivity contribution in [2.75, 3.05) is 88.6 Å². The zero-order valence-electron chi connectivity index (χ0n) is 36.6. The molecule has 67 heavy (non-hydrogen) atoms. The Morgan fingerprint density at radius 2 is 0.910 bits per heavy atom. The molecule has 4 saturated heterocycles. The van der Waals surface area contributed by atoms with Gasteiger partial charge in [-0.1, -0.05) is 82.4 Å². The smallest absolute Gasteiger partial charge is 0.306 e. The first-order valence-electron chi connectivity index (χ1n) is 22.3. The molecule has 352 valence electrons. The molecule has 0 atom stereocenters. The van der Waals surface area contributed by atoms with Gasteiger partial charge in [-0.15, -0.1) is 0 Å². The van der Waals surface area contributed by atoms with Crippen molar-refractivity contribution in [1.29, 1.82) is 0 Å². The molecule has 0 spiro atoms. The van der Waals surface area contributed by atoms with Crippen LogP contribution >= 0.6 is 58.2 Å². The van der Waals surface area contributed by atoms with Crippen LogP contribution in [0.25, 0.3) is 34.4 Å². The Balaban J connectivity index is 1.20. The Morgan fingerprint density at radius 3 is 1.27 bits per heavy atom. The lowest BCUT2D eigenvalue weighted by Gasteiger charge is -2.32. The molecule has 0 bridgehead atoms. The molecule has 4 aliphatic heterocycles. The number of rotatable bonds is 12. The maximum absolute atomic E-state index is 13.4. The number of carboxylic acids is 2. The third-order valence-corrected chi connectivity index (χ3v) is 15.9. The third kappa shape index (κ3) is 11.4. The Kier molecular flexibility index (Phi) is 16.1. The highest BCUT2D eigenvalue weighted by Crippen LogP contribution is 2.49. The molecule has 2 amide bonds. The van der Waals surface area contributed by atoms with Crippen LogP contribution in [-0.2, 0) is 28.7 Å². The first-order valence-corrected chi connectivity index (χ1v) is 24.7. The van der Waals surface area contributed by atoms with E-state index in [0.29, 0.717) is 137 Å². The SMILES string of the molecule is O=C(O)C1CCN(c2cccc(-c3cc(Sc4cc(-c5cccc(N6CCC(C(=O)O)CC6)c5)c(/C=C/C(=O)N5CCOCC5)c(Cl)c4Cl)c(Cl)c(Cl)c3/C=C/C(=O)N3CCOCC3)c2)CC1. The topological polar surface area (TPSA) is 140 Å². The molecule has 0 unspecified atom stereocenters. The number of hydrogen-bond donors (Lipinski definition) is 2. The Hall–Kier alpha value is -4.73. The minimum Gasteiger partial charge on any atom is -0.481 e. The predicted molar refractivity (Wildman–Crippen MR) is 266 cm³/mol. The van der Waals surface area contributed by atoms with Gasteiger partial charge < -0.3 is 39.3 Å². The number of morpholine rings is 2. The molecule has 2 N–H and O–H groups in total. The van der Waals surface area contributed by atoms with Crippen molar-refractivity contribution in [3.63, 3.8) is 0 Å². The first kappa shape index (κ1) is 48.7. The van der Waals surface area contributed by atoms with Crippen LogP contribution in [0.15, 0.2) is 82.6 Å². The van der Waals surface area contributed by atoms with Gasteiger partial charge in [0.15, 0.2) is 0 Å². The molecule has 0 radical (unpaired) electrons. The van der Waals surface area contributed by atoms with Crippen LogP contribution < -0.4 is 9.80 Å². The van der Waals surface area contributed by atoms with Crippen molar-refractivity contribution in [2.45, 2.75) is 35.5 Å². The zero-order valence-corrected chi connectivity index (χ0v) is 40.4. The van der Waals surface area contributed by atoms with E-state index in [1.807, 2.05) is 60.7 Å². The molecule has 4 heterocycles. The second-order valence-electron chi connectivity index (χ2n) is 16.9. The van der Waals surface area contributed by atoms with Crippen molar-refractivity contribution in [2.24, 2.45) is 11.8 Å². The fourth-order valence-corrected chi connectivity index (χ4v) is 11.1. The van der Waals surface area contributed by atoms with Crippen LogP contribution in [-0.4, -0.2) is 123 Å². The summed E-state index contributed by atoms with van der Waals surface area (Å²) in [5, 5.41) is 20.2. The summed E-state index contributed by atoms with van der Waals surface area (Å²) in [4.78, 5) is 59.2. The molecular formula is C50H50Cl4N4O8S. The summed E-state index contributed by atoms with van der Waals surface area (Å²) in [5.74, 6) is -2.69. The van der Waals surface area contributed by atoms with Gasteiger partial charge in [0.1, 0.15) is 0 Å². The molecule has 12 nitrogen and oxygen atoms in total. The van der Waals surface area contributed by atoms with Gasteiger partial charge in [-0.3, -0.25) is 19.2 Å². The van der Waals surface area contributed by atoms with Gasteiger partial charge in [0.05, 0.1) is 58.4 Å². The number of nitrogens with zero attached hydrogens (tertiary/aromatic N) is 4. The average molecular weight is 1010 g/mol. The number of aliphatic carboxylic acids is 2. The molecule has 4 aromatic rings. The maximum Gasteiger partial charge on any atom is 0.306 e. The number of hydrogen-bond acceptors (Lipinski definition) is 9. The van der Waals surface area contributed by atoms with Gasteiger partial charge >= 0.3 is 11.9 Å². The summed E-state index contributed by atoms with van der Waals surface area (Å²) in [6.45, 7) is 6.06. The fraction of sp³-hybridized carbons (Fsp3) is 0.360. The molecule has 4 aromatic carbocycles. The fourth-order valence-electron chi connectivity index (χ4n) is 8.90. The molecule has 8 rings (SSSR count). The van der Waals surface area contributed by atoms with Crippen LogP contribution in [0.2, 0.25) is 20.1 Å². The summed E-state index contributed by atoms with van der Waals surface area (Å²) in [6.07, 6.45) is 8.52. The van der Waals surface area contributed by atoms with Crippen molar-refractivity contribution < 1.29 is 38.9 Å². The molecule has 17 heteroatoms. The van der Waals surface area contributed by atoms with Gasteiger partial charge in [-0.25, -0.2) is 0 Å². The number of benzene rings is 4. The number of ether oxygens (including phenoxy) is 2. The molecule has 0 aromatic heterocycles. The Morgan fingerprint density at radius 1 is 0.537 bits per heavy atom. The lowest BCUT2D eigenvalue weighted by molar-refractivity contribution is -0.143. The van der Waals surface area contributed by atoms with Crippen molar-refractivity contribution in [3.8, 4) is 22.3 Å². The van der Waals surface area contributed by atoms with Gasteiger partial charge in [-0.05, 0) is 96.5 Å². The first-order chi connectivity index (χ1) is 32.4. The third-order valence-electron chi connectivity index (χ3n) is 12.8. The molecule has 4 aliphatic rings. The average Bonchev–Trinajstić information content (AvgIpc) is 3.36. The minimum absolute atomic E-state index is 0.182. The normalized spacial score (nSPS) is 17.7. The van der Waals surface area contributed by atoms with Gasteiger partial charge in [0, 0.05) is 96.8 Å². The molecule has 0 saturated carbocycles. The van der Waals surface area contributed by atoms with Crippen LogP contribution in [0.1, 0.15) is 36.8 Å². The van der Waals surface area contributed by atoms with Crippen molar-refractivity contribution >= 4 is 105 Å². The van der Waals surface area contributed by atoms with Crippen LogP contribution in [0.5, 0.6) is 0 Å². The number of halogens is 4. The molecular weight excluding hydrogens is 958 g/mol. The summed E-state index contributed by atoms with van der Waals surface area (Å²) < 4.78 is 10.9. The van der Waals surface area contributed by atoms with Crippen LogP contribution in [0.3, 0.4) is 0 Å². The Labute approximate surface area is 414 Å².